The summed E-state index contributed by atoms with van der Waals surface area (Å²) in [5.41, 5.74) is 1.28. The van der Waals surface area contributed by atoms with Gasteiger partial charge in [-0.15, -0.1) is 21.5 Å². The summed E-state index contributed by atoms with van der Waals surface area (Å²) < 4.78 is 8.64. The van der Waals surface area contributed by atoms with Gasteiger partial charge in [0.25, 0.3) is 0 Å². The van der Waals surface area contributed by atoms with Crippen LogP contribution < -0.4 is 5.32 Å². The molecule has 0 saturated carbocycles. The van der Waals surface area contributed by atoms with Gasteiger partial charge in [0.1, 0.15) is 0 Å². The molecule has 1 aromatic carbocycles. The van der Waals surface area contributed by atoms with Crippen LogP contribution in [0.1, 0.15) is 12.5 Å². The average Bonchev–Trinajstić information content (AvgIpc) is 3.45. The highest BCUT2D eigenvalue weighted by Gasteiger charge is 2.16. The van der Waals surface area contributed by atoms with Crippen LogP contribution in [0.4, 0.5) is 0 Å². The Morgan fingerprint density at radius 2 is 2.14 bits per heavy atom. The molecule has 0 bridgehead atoms. The van der Waals surface area contributed by atoms with Crippen molar-refractivity contribution in [3.05, 3.63) is 53.6 Å². The second kappa shape index (κ2) is 8.62. The molecule has 3 heterocycles. The van der Waals surface area contributed by atoms with Crippen molar-refractivity contribution in [1.29, 1.82) is 0 Å². The molecule has 0 saturated heterocycles. The first-order valence-electron chi connectivity index (χ1n) is 9.08. The Labute approximate surface area is 171 Å². The fourth-order valence-electron chi connectivity index (χ4n) is 3.01. The van der Waals surface area contributed by atoms with E-state index in [0.717, 1.165) is 6.42 Å². The predicted octanol–water partition coefficient (Wildman–Crippen LogP) is 4.22. The summed E-state index contributed by atoms with van der Waals surface area (Å²) in [7, 11) is 0. The Hall–Kier alpha value is -2.58. The van der Waals surface area contributed by atoms with Gasteiger partial charge < -0.3 is 9.73 Å². The number of rotatable bonds is 8. The lowest BCUT2D eigenvalue weighted by Crippen LogP contribution is -2.27. The molecule has 6 nitrogen and oxygen atoms in total. The summed E-state index contributed by atoms with van der Waals surface area (Å²) in [5.74, 6) is 1.66. The second-order valence-electron chi connectivity index (χ2n) is 6.17. The second-order valence-corrected chi connectivity index (χ2v) is 8.03. The third-order valence-corrected chi connectivity index (χ3v) is 6.36. The first-order valence-corrected chi connectivity index (χ1v) is 10.9. The van der Waals surface area contributed by atoms with Crippen molar-refractivity contribution >= 4 is 39.1 Å². The van der Waals surface area contributed by atoms with Gasteiger partial charge in [-0.05, 0) is 47.9 Å². The van der Waals surface area contributed by atoms with Gasteiger partial charge in [0.15, 0.2) is 16.7 Å². The minimum absolute atomic E-state index is 0.00487. The highest BCUT2D eigenvalue weighted by atomic mass is 32.2. The zero-order chi connectivity index (χ0) is 19.3. The zero-order valence-electron chi connectivity index (χ0n) is 15.4. The van der Waals surface area contributed by atoms with E-state index in [1.807, 2.05) is 29.7 Å². The third-order valence-electron chi connectivity index (χ3n) is 4.38. The van der Waals surface area contributed by atoms with Crippen LogP contribution in [-0.2, 0) is 17.8 Å². The van der Waals surface area contributed by atoms with Crippen molar-refractivity contribution in [2.24, 2.45) is 0 Å². The largest absolute Gasteiger partial charge is 0.461 e. The molecule has 3 aromatic heterocycles. The minimum atomic E-state index is -0.00487. The van der Waals surface area contributed by atoms with Crippen LogP contribution in [0.3, 0.4) is 0 Å². The first-order chi connectivity index (χ1) is 13.8. The fourth-order valence-corrected chi connectivity index (χ4v) is 4.84. The summed E-state index contributed by atoms with van der Waals surface area (Å²) in [6, 6.07) is 12.0. The Balaban J connectivity index is 1.30. The number of hydrogen-bond acceptors (Lipinski definition) is 6. The summed E-state index contributed by atoms with van der Waals surface area (Å²) >= 11 is 3.13. The van der Waals surface area contributed by atoms with Gasteiger partial charge >= 0.3 is 0 Å². The number of hydrogen-bond donors (Lipinski definition) is 1. The fraction of sp³-hybridized carbons (Fsp3) is 0.250. The van der Waals surface area contributed by atoms with E-state index in [9.17, 15) is 4.79 Å². The van der Waals surface area contributed by atoms with Gasteiger partial charge in [-0.25, -0.2) is 0 Å². The van der Waals surface area contributed by atoms with E-state index in [0.29, 0.717) is 35.6 Å². The van der Waals surface area contributed by atoms with Crippen LogP contribution in [0.5, 0.6) is 0 Å². The molecule has 0 aliphatic heterocycles. The molecule has 4 aromatic rings. The summed E-state index contributed by atoms with van der Waals surface area (Å²) in [6.45, 7) is 3.35. The summed E-state index contributed by atoms with van der Waals surface area (Å²) in [6.07, 6.45) is 2.44. The van der Waals surface area contributed by atoms with E-state index < -0.39 is 0 Å². The van der Waals surface area contributed by atoms with Crippen LogP contribution in [0.2, 0.25) is 0 Å². The number of fused-ring (bicyclic) bond motifs is 1. The van der Waals surface area contributed by atoms with Gasteiger partial charge in [-0.3, -0.25) is 9.36 Å². The quantitative estimate of drug-likeness (QED) is 0.439. The number of furan rings is 1. The summed E-state index contributed by atoms with van der Waals surface area (Å²) in [4.78, 5) is 12.2. The molecule has 0 atom stereocenters. The molecule has 0 aliphatic carbocycles. The zero-order valence-corrected chi connectivity index (χ0v) is 17.1. The Kier molecular flexibility index (Phi) is 5.78. The maximum absolute atomic E-state index is 12.2. The Bertz CT molecular complexity index is 1070. The number of carbonyl (C=O) groups is 1. The first kappa shape index (κ1) is 18.8. The van der Waals surface area contributed by atoms with E-state index in [2.05, 4.69) is 39.1 Å². The lowest BCUT2D eigenvalue weighted by atomic mass is 10.1. The van der Waals surface area contributed by atoms with Crippen molar-refractivity contribution < 1.29 is 9.21 Å². The maximum Gasteiger partial charge on any atom is 0.230 e. The Morgan fingerprint density at radius 1 is 1.25 bits per heavy atom. The number of nitrogens with zero attached hydrogens (tertiary/aromatic N) is 3. The van der Waals surface area contributed by atoms with Crippen LogP contribution in [0, 0.1) is 0 Å². The number of carbonyl (C=O) groups excluding carboxylic acids is 1. The highest BCUT2D eigenvalue weighted by molar-refractivity contribution is 7.99. The predicted molar refractivity (Wildman–Crippen MR) is 113 cm³/mol. The molecule has 1 N–H and O–H groups in total. The van der Waals surface area contributed by atoms with E-state index in [-0.39, 0.29) is 5.91 Å². The molecular formula is C20H20N4O2S2. The van der Waals surface area contributed by atoms with Crippen LogP contribution >= 0.6 is 23.1 Å². The van der Waals surface area contributed by atoms with Gasteiger partial charge in [0.2, 0.25) is 5.91 Å². The molecule has 0 aliphatic rings. The van der Waals surface area contributed by atoms with Gasteiger partial charge in [0, 0.05) is 17.8 Å². The molecule has 0 unspecified atom stereocenters. The molecule has 4 rings (SSSR count). The van der Waals surface area contributed by atoms with E-state index in [4.69, 9.17) is 4.42 Å². The van der Waals surface area contributed by atoms with Crippen molar-refractivity contribution in [1.82, 2.24) is 20.1 Å². The lowest BCUT2D eigenvalue weighted by molar-refractivity contribution is -0.118. The van der Waals surface area contributed by atoms with Gasteiger partial charge in [0.05, 0.1) is 12.0 Å². The number of amides is 1. The normalized spacial score (nSPS) is 11.2. The standard InChI is InChI=1S/C20H20N4O2S2/c1-2-24-19(16-7-5-11-26-16)22-23-20(24)28-13-18(25)21-10-9-14-12-27-17-8-4-3-6-15(14)17/h3-8,11-12H,2,9-10,13H2,1H3,(H,21,25). The molecule has 28 heavy (non-hydrogen) atoms. The minimum Gasteiger partial charge on any atom is -0.461 e. The maximum atomic E-state index is 12.2. The van der Waals surface area contributed by atoms with E-state index >= 15 is 0 Å². The van der Waals surface area contributed by atoms with E-state index in [1.54, 1.807) is 17.6 Å². The molecule has 144 valence electrons. The number of nitrogens with one attached hydrogen (secondary N) is 1. The van der Waals surface area contributed by atoms with Crippen molar-refractivity contribution in [2.75, 3.05) is 12.3 Å². The lowest BCUT2D eigenvalue weighted by Gasteiger charge is -2.07. The summed E-state index contributed by atoms with van der Waals surface area (Å²) in [5, 5.41) is 15.6. The number of thioether (sulfide) groups is 1. The Morgan fingerprint density at radius 3 is 2.96 bits per heavy atom. The number of thiophene rings is 1. The number of benzene rings is 1. The molecule has 0 spiro atoms. The average molecular weight is 413 g/mol. The van der Waals surface area contributed by atoms with Gasteiger partial charge in [-0.1, -0.05) is 30.0 Å². The third kappa shape index (κ3) is 3.98. The van der Waals surface area contributed by atoms with Crippen molar-refractivity contribution in [2.45, 2.75) is 25.0 Å². The monoisotopic (exact) mass is 412 g/mol. The smallest absolute Gasteiger partial charge is 0.230 e. The SMILES string of the molecule is CCn1c(SCC(=O)NCCc2csc3ccccc23)nnc1-c1ccco1. The van der Waals surface area contributed by atoms with Crippen LogP contribution in [-0.4, -0.2) is 33.0 Å². The topological polar surface area (TPSA) is 73.0 Å². The van der Waals surface area contributed by atoms with Crippen molar-refractivity contribution in [3.63, 3.8) is 0 Å². The van der Waals surface area contributed by atoms with Gasteiger partial charge in [-0.2, -0.15) is 0 Å². The van der Waals surface area contributed by atoms with Crippen molar-refractivity contribution in [3.8, 4) is 11.6 Å². The molecule has 8 heteroatoms. The molecule has 0 radical (unpaired) electrons. The highest BCUT2D eigenvalue weighted by Crippen LogP contribution is 2.26. The van der Waals surface area contributed by atoms with Crippen LogP contribution in [0.15, 0.2) is 57.6 Å². The van der Waals surface area contributed by atoms with Crippen LogP contribution in [0.25, 0.3) is 21.7 Å². The molecule has 0 fully saturated rings. The molecular weight excluding hydrogens is 392 g/mol. The molecule has 1 amide bonds. The van der Waals surface area contributed by atoms with E-state index in [1.165, 1.54) is 27.4 Å². The number of aromatic nitrogens is 3.